The van der Waals surface area contributed by atoms with Crippen LogP contribution in [0.3, 0.4) is 0 Å². The molecule has 100 valence electrons. The van der Waals surface area contributed by atoms with Crippen LogP contribution in [0.15, 0.2) is 48.5 Å². The molecule has 0 aliphatic carbocycles. The Hall–Kier alpha value is -1.67. The van der Waals surface area contributed by atoms with E-state index in [1.165, 1.54) is 0 Å². The van der Waals surface area contributed by atoms with Gasteiger partial charge in [0.2, 0.25) is 0 Å². The zero-order valence-electron chi connectivity index (χ0n) is 10.9. The lowest BCUT2D eigenvalue weighted by Gasteiger charge is -2.12. The Kier molecular flexibility index (Phi) is 5.10. The molecule has 0 saturated heterocycles. The number of benzene rings is 2. The highest BCUT2D eigenvalue weighted by Gasteiger charge is 2.05. The van der Waals surface area contributed by atoms with Gasteiger partial charge in [0.15, 0.2) is 11.5 Å². The third-order valence-corrected chi connectivity index (χ3v) is 2.92. The Labute approximate surface area is 118 Å². The second-order valence-corrected chi connectivity index (χ2v) is 4.44. The highest BCUT2D eigenvalue weighted by Crippen LogP contribution is 2.31. The number of rotatable bonds is 6. The minimum atomic E-state index is 0.510. The van der Waals surface area contributed by atoms with E-state index < -0.39 is 0 Å². The van der Waals surface area contributed by atoms with Crippen LogP contribution in [-0.2, 0) is 5.88 Å². The molecule has 0 heterocycles. The first-order valence-corrected chi connectivity index (χ1v) is 6.91. The first-order valence-electron chi connectivity index (χ1n) is 6.38. The first kappa shape index (κ1) is 13.8. The average Bonchev–Trinajstić information content (AvgIpc) is 2.47. The fourth-order valence-corrected chi connectivity index (χ4v) is 1.82. The zero-order chi connectivity index (χ0) is 13.5. The minimum absolute atomic E-state index is 0.510. The molecule has 0 aliphatic heterocycles. The summed E-state index contributed by atoms with van der Waals surface area (Å²) in [6.07, 6.45) is 0.971. The van der Waals surface area contributed by atoms with Gasteiger partial charge in [0.25, 0.3) is 0 Å². The van der Waals surface area contributed by atoms with Crippen LogP contribution in [0.25, 0.3) is 0 Å². The molecule has 0 spiro atoms. The number of alkyl halides is 1. The van der Waals surface area contributed by atoms with E-state index in [2.05, 4.69) is 6.92 Å². The van der Waals surface area contributed by atoms with E-state index in [4.69, 9.17) is 21.1 Å². The van der Waals surface area contributed by atoms with Gasteiger partial charge in [-0.1, -0.05) is 31.2 Å². The molecule has 0 bridgehead atoms. The van der Waals surface area contributed by atoms with Crippen molar-refractivity contribution in [1.82, 2.24) is 0 Å². The van der Waals surface area contributed by atoms with Crippen molar-refractivity contribution in [2.24, 2.45) is 0 Å². The Balaban J connectivity index is 2.12. The van der Waals surface area contributed by atoms with Crippen LogP contribution in [0, 0.1) is 0 Å². The molecule has 0 radical (unpaired) electrons. The van der Waals surface area contributed by atoms with E-state index in [0.717, 1.165) is 29.2 Å². The summed E-state index contributed by atoms with van der Waals surface area (Å²) in [6, 6.07) is 15.4. The summed E-state index contributed by atoms with van der Waals surface area (Å²) in [5.41, 5.74) is 1.07. The standard InChI is InChI=1S/C16H17ClO2/c1-2-11-18-15-5-3-4-6-16(15)19-14-9-7-13(12-17)8-10-14/h3-10H,2,11-12H2,1H3. The van der Waals surface area contributed by atoms with Crippen molar-refractivity contribution in [3.05, 3.63) is 54.1 Å². The van der Waals surface area contributed by atoms with Crippen molar-refractivity contribution < 1.29 is 9.47 Å². The second kappa shape index (κ2) is 7.05. The summed E-state index contributed by atoms with van der Waals surface area (Å²) in [5.74, 6) is 2.79. The fraction of sp³-hybridized carbons (Fsp3) is 0.250. The van der Waals surface area contributed by atoms with Gasteiger partial charge in [-0.25, -0.2) is 0 Å². The lowest BCUT2D eigenvalue weighted by Crippen LogP contribution is -1.97. The topological polar surface area (TPSA) is 18.5 Å². The molecule has 0 aromatic heterocycles. The molecule has 19 heavy (non-hydrogen) atoms. The maximum Gasteiger partial charge on any atom is 0.169 e. The van der Waals surface area contributed by atoms with Gasteiger partial charge in [-0.15, -0.1) is 11.6 Å². The molecule has 2 aromatic rings. The number of hydrogen-bond donors (Lipinski definition) is 0. The lowest BCUT2D eigenvalue weighted by atomic mass is 10.2. The van der Waals surface area contributed by atoms with Crippen molar-refractivity contribution in [2.45, 2.75) is 19.2 Å². The monoisotopic (exact) mass is 276 g/mol. The quantitative estimate of drug-likeness (QED) is 0.691. The van der Waals surface area contributed by atoms with Gasteiger partial charge in [0, 0.05) is 5.88 Å². The zero-order valence-corrected chi connectivity index (χ0v) is 11.7. The van der Waals surface area contributed by atoms with Crippen LogP contribution in [0.2, 0.25) is 0 Å². The van der Waals surface area contributed by atoms with E-state index >= 15 is 0 Å². The van der Waals surface area contributed by atoms with E-state index in [0.29, 0.717) is 12.5 Å². The maximum absolute atomic E-state index is 5.84. The van der Waals surface area contributed by atoms with E-state index in [-0.39, 0.29) is 0 Å². The molecular weight excluding hydrogens is 260 g/mol. The lowest BCUT2D eigenvalue weighted by molar-refractivity contribution is 0.302. The third kappa shape index (κ3) is 3.90. The largest absolute Gasteiger partial charge is 0.490 e. The normalized spacial score (nSPS) is 10.2. The molecule has 0 unspecified atom stereocenters. The van der Waals surface area contributed by atoms with Gasteiger partial charge in [0.1, 0.15) is 5.75 Å². The van der Waals surface area contributed by atoms with E-state index in [1.54, 1.807) is 0 Å². The Morgan fingerprint density at radius 2 is 1.63 bits per heavy atom. The Morgan fingerprint density at radius 1 is 0.947 bits per heavy atom. The van der Waals surface area contributed by atoms with Crippen molar-refractivity contribution >= 4 is 11.6 Å². The Morgan fingerprint density at radius 3 is 2.26 bits per heavy atom. The summed E-state index contributed by atoms with van der Waals surface area (Å²) in [4.78, 5) is 0. The van der Waals surface area contributed by atoms with Crippen molar-refractivity contribution in [3.8, 4) is 17.2 Å². The highest BCUT2D eigenvalue weighted by molar-refractivity contribution is 6.17. The minimum Gasteiger partial charge on any atom is -0.490 e. The first-order chi connectivity index (χ1) is 9.33. The third-order valence-electron chi connectivity index (χ3n) is 2.62. The number of ether oxygens (including phenoxy) is 2. The summed E-state index contributed by atoms with van der Waals surface area (Å²) in [7, 11) is 0. The van der Waals surface area contributed by atoms with Gasteiger partial charge in [-0.3, -0.25) is 0 Å². The Bertz CT molecular complexity index is 508. The van der Waals surface area contributed by atoms with Crippen LogP contribution in [0.4, 0.5) is 0 Å². The molecule has 2 nitrogen and oxygen atoms in total. The van der Waals surface area contributed by atoms with Crippen molar-refractivity contribution in [2.75, 3.05) is 6.61 Å². The van der Waals surface area contributed by atoms with E-state index in [1.807, 2.05) is 48.5 Å². The maximum atomic E-state index is 5.84. The van der Waals surface area contributed by atoms with Crippen LogP contribution < -0.4 is 9.47 Å². The van der Waals surface area contributed by atoms with Crippen LogP contribution in [0.1, 0.15) is 18.9 Å². The summed E-state index contributed by atoms with van der Waals surface area (Å²) in [6.45, 7) is 2.76. The van der Waals surface area contributed by atoms with Crippen LogP contribution in [-0.4, -0.2) is 6.61 Å². The molecule has 3 heteroatoms. The summed E-state index contributed by atoms with van der Waals surface area (Å²) in [5, 5.41) is 0. The van der Waals surface area contributed by atoms with E-state index in [9.17, 15) is 0 Å². The van der Waals surface area contributed by atoms with Gasteiger partial charge in [0.05, 0.1) is 6.61 Å². The molecular formula is C16H17ClO2. The molecule has 2 rings (SSSR count). The van der Waals surface area contributed by atoms with Crippen molar-refractivity contribution in [1.29, 1.82) is 0 Å². The van der Waals surface area contributed by atoms with Gasteiger partial charge in [-0.05, 0) is 36.2 Å². The number of para-hydroxylation sites is 2. The predicted molar refractivity (Wildman–Crippen MR) is 78.3 cm³/mol. The van der Waals surface area contributed by atoms with Crippen molar-refractivity contribution in [3.63, 3.8) is 0 Å². The number of hydrogen-bond acceptors (Lipinski definition) is 2. The second-order valence-electron chi connectivity index (χ2n) is 4.17. The molecule has 0 atom stereocenters. The summed E-state index contributed by atoms with van der Waals surface area (Å²) >= 11 is 5.76. The van der Waals surface area contributed by atoms with Gasteiger partial charge < -0.3 is 9.47 Å². The smallest absolute Gasteiger partial charge is 0.169 e. The highest BCUT2D eigenvalue weighted by atomic mass is 35.5. The molecule has 2 aromatic carbocycles. The average molecular weight is 277 g/mol. The predicted octanol–water partition coefficient (Wildman–Crippen LogP) is 5.01. The van der Waals surface area contributed by atoms with Crippen LogP contribution in [0.5, 0.6) is 17.2 Å². The van der Waals surface area contributed by atoms with Gasteiger partial charge in [-0.2, -0.15) is 0 Å². The SMILES string of the molecule is CCCOc1ccccc1Oc1ccc(CCl)cc1. The van der Waals surface area contributed by atoms with Crippen LogP contribution >= 0.6 is 11.6 Å². The molecule has 0 saturated carbocycles. The summed E-state index contributed by atoms with van der Waals surface area (Å²) < 4.78 is 11.5. The molecule has 0 aliphatic rings. The number of halogens is 1. The molecule has 0 N–H and O–H groups in total. The fourth-order valence-electron chi connectivity index (χ4n) is 1.64. The van der Waals surface area contributed by atoms with Gasteiger partial charge >= 0.3 is 0 Å². The molecule has 0 amide bonds. The molecule has 0 fully saturated rings.